The number of ether oxygens (including phenoxy) is 1. The topological polar surface area (TPSA) is 89.0 Å². The third kappa shape index (κ3) is 2.86. The lowest BCUT2D eigenvalue weighted by atomic mass is 10.3. The summed E-state index contributed by atoms with van der Waals surface area (Å²) >= 11 is 3.20. The number of nitrogens with zero attached hydrogens (tertiary/aromatic N) is 3. The van der Waals surface area contributed by atoms with E-state index in [4.69, 9.17) is 10.00 Å². The summed E-state index contributed by atoms with van der Waals surface area (Å²) < 4.78 is 5.92. The van der Waals surface area contributed by atoms with E-state index >= 15 is 0 Å². The van der Waals surface area contributed by atoms with Gasteiger partial charge in [-0.2, -0.15) is 5.26 Å². The van der Waals surface area contributed by atoms with Crippen molar-refractivity contribution < 1.29 is 9.66 Å². The predicted molar refractivity (Wildman–Crippen MR) is 69.8 cm³/mol. The maximum Gasteiger partial charge on any atom is 0.312 e. The van der Waals surface area contributed by atoms with E-state index in [9.17, 15) is 10.1 Å². The van der Waals surface area contributed by atoms with Crippen molar-refractivity contribution in [1.82, 2.24) is 4.98 Å². The molecule has 2 aromatic rings. The van der Waals surface area contributed by atoms with Crippen LogP contribution in [0.25, 0.3) is 0 Å². The van der Waals surface area contributed by atoms with Crippen LogP contribution in [-0.2, 0) is 0 Å². The van der Waals surface area contributed by atoms with Crippen LogP contribution < -0.4 is 4.74 Å². The van der Waals surface area contributed by atoms with Crippen LogP contribution in [0.4, 0.5) is 5.69 Å². The standard InChI is InChI=1S/C12H6BrN3O3/c13-10-2-1-3-11(16(17)18)12(10)19-9-4-5-15-8(6-9)7-14/h1-6H. The van der Waals surface area contributed by atoms with Gasteiger partial charge in [-0.25, -0.2) is 4.98 Å². The lowest BCUT2D eigenvalue weighted by Gasteiger charge is -2.07. The minimum Gasteiger partial charge on any atom is -0.449 e. The van der Waals surface area contributed by atoms with Crippen molar-refractivity contribution in [3.8, 4) is 17.6 Å². The molecule has 0 amide bonds. The Hall–Kier alpha value is -2.46. The van der Waals surface area contributed by atoms with Gasteiger partial charge in [0.1, 0.15) is 17.5 Å². The van der Waals surface area contributed by atoms with Crippen molar-refractivity contribution in [1.29, 1.82) is 5.26 Å². The van der Waals surface area contributed by atoms with Crippen molar-refractivity contribution in [2.24, 2.45) is 0 Å². The first-order chi connectivity index (χ1) is 9.11. The summed E-state index contributed by atoms with van der Waals surface area (Å²) in [5.74, 6) is 0.393. The van der Waals surface area contributed by atoms with Gasteiger partial charge in [0.15, 0.2) is 0 Å². The van der Waals surface area contributed by atoms with E-state index in [1.807, 2.05) is 6.07 Å². The maximum absolute atomic E-state index is 10.9. The summed E-state index contributed by atoms with van der Waals surface area (Å²) in [6.07, 6.45) is 1.40. The number of benzene rings is 1. The molecule has 2 rings (SSSR count). The minimum absolute atomic E-state index is 0.0857. The fourth-order valence-corrected chi connectivity index (χ4v) is 1.83. The van der Waals surface area contributed by atoms with E-state index in [0.29, 0.717) is 10.2 Å². The number of pyridine rings is 1. The monoisotopic (exact) mass is 319 g/mol. The molecule has 0 N–H and O–H groups in total. The van der Waals surface area contributed by atoms with Crippen LogP contribution in [0.1, 0.15) is 5.69 Å². The molecule has 0 aliphatic carbocycles. The van der Waals surface area contributed by atoms with E-state index in [1.54, 1.807) is 12.1 Å². The third-order valence-electron chi connectivity index (χ3n) is 2.21. The van der Waals surface area contributed by atoms with Gasteiger partial charge in [0.25, 0.3) is 0 Å². The molecule has 0 aliphatic rings. The first-order valence-corrected chi connectivity index (χ1v) is 5.88. The molecule has 0 saturated heterocycles. The van der Waals surface area contributed by atoms with Crippen LogP contribution in [0.15, 0.2) is 41.0 Å². The van der Waals surface area contributed by atoms with Crippen molar-refractivity contribution >= 4 is 21.6 Å². The molecular formula is C12H6BrN3O3. The van der Waals surface area contributed by atoms with Gasteiger partial charge in [-0.1, -0.05) is 6.07 Å². The number of hydrogen-bond acceptors (Lipinski definition) is 5. The molecule has 19 heavy (non-hydrogen) atoms. The number of halogens is 1. The predicted octanol–water partition coefficient (Wildman–Crippen LogP) is 3.42. The molecule has 0 spiro atoms. The first-order valence-electron chi connectivity index (χ1n) is 5.08. The molecular weight excluding hydrogens is 314 g/mol. The van der Waals surface area contributed by atoms with Crippen LogP contribution in [0.2, 0.25) is 0 Å². The van der Waals surface area contributed by atoms with Crippen LogP contribution in [0.5, 0.6) is 11.5 Å². The average molecular weight is 320 g/mol. The first kappa shape index (κ1) is 13.0. The van der Waals surface area contributed by atoms with Crippen molar-refractivity contribution in [2.75, 3.05) is 0 Å². The molecule has 94 valence electrons. The zero-order valence-corrected chi connectivity index (χ0v) is 11.0. The smallest absolute Gasteiger partial charge is 0.312 e. The lowest BCUT2D eigenvalue weighted by Crippen LogP contribution is -1.95. The van der Waals surface area contributed by atoms with E-state index in [-0.39, 0.29) is 17.1 Å². The van der Waals surface area contributed by atoms with E-state index in [0.717, 1.165) is 0 Å². The Kier molecular flexibility index (Phi) is 3.73. The Labute approximate surface area is 116 Å². The Bertz CT molecular complexity index is 682. The van der Waals surface area contributed by atoms with Gasteiger partial charge in [0.2, 0.25) is 5.75 Å². The number of para-hydroxylation sites is 1. The summed E-state index contributed by atoms with van der Waals surface area (Å²) in [7, 11) is 0. The fraction of sp³-hybridized carbons (Fsp3) is 0. The molecule has 0 atom stereocenters. The number of nitriles is 1. The molecule has 0 aliphatic heterocycles. The van der Waals surface area contributed by atoms with Gasteiger partial charge in [0.05, 0.1) is 9.40 Å². The summed E-state index contributed by atoms with van der Waals surface area (Å²) in [6.45, 7) is 0. The number of hydrogen-bond donors (Lipinski definition) is 0. The number of nitro groups is 1. The summed E-state index contributed by atoms with van der Waals surface area (Å²) in [5, 5.41) is 19.7. The molecule has 0 fully saturated rings. The summed E-state index contributed by atoms with van der Waals surface area (Å²) in [4.78, 5) is 14.2. The van der Waals surface area contributed by atoms with Crippen LogP contribution >= 0.6 is 15.9 Å². The molecule has 1 aromatic carbocycles. The largest absolute Gasteiger partial charge is 0.449 e. The zero-order valence-electron chi connectivity index (χ0n) is 9.41. The third-order valence-corrected chi connectivity index (χ3v) is 2.83. The van der Waals surface area contributed by atoms with Crippen molar-refractivity contribution in [3.05, 3.63) is 56.8 Å². The number of nitro benzene ring substituents is 1. The SMILES string of the molecule is N#Cc1cc(Oc2c(Br)cccc2[N+](=O)[O-])ccn1. The Morgan fingerprint density at radius 3 is 2.89 bits per heavy atom. The second-order valence-electron chi connectivity index (χ2n) is 3.44. The second-order valence-corrected chi connectivity index (χ2v) is 4.29. The highest BCUT2D eigenvalue weighted by molar-refractivity contribution is 9.10. The minimum atomic E-state index is -0.535. The molecule has 6 nitrogen and oxygen atoms in total. The Balaban J connectivity index is 2.43. The second kappa shape index (κ2) is 5.46. The maximum atomic E-state index is 10.9. The van der Waals surface area contributed by atoms with Gasteiger partial charge in [0, 0.05) is 18.3 Å². The Morgan fingerprint density at radius 2 is 2.21 bits per heavy atom. The van der Waals surface area contributed by atoms with Crippen LogP contribution in [0.3, 0.4) is 0 Å². The van der Waals surface area contributed by atoms with Crippen LogP contribution in [-0.4, -0.2) is 9.91 Å². The molecule has 0 radical (unpaired) electrons. The molecule has 0 saturated carbocycles. The summed E-state index contributed by atoms with van der Waals surface area (Å²) in [5.41, 5.74) is 0.0110. The zero-order chi connectivity index (χ0) is 13.8. The highest BCUT2D eigenvalue weighted by atomic mass is 79.9. The normalized spacial score (nSPS) is 9.68. The van der Waals surface area contributed by atoms with Crippen LogP contribution in [0, 0.1) is 21.4 Å². The molecule has 7 heteroatoms. The highest BCUT2D eigenvalue weighted by Gasteiger charge is 2.18. The van der Waals surface area contributed by atoms with E-state index in [1.165, 1.54) is 24.4 Å². The fourth-order valence-electron chi connectivity index (χ4n) is 1.40. The van der Waals surface area contributed by atoms with Gasteiger partial charge in [-0.05, 0) is 28.1 Å². The molecule has 0 unspecified atom stereocenters. The van der Waals surface area contributed by atoms with Gasteiger partial charge < -0.3 is 4.74 Å². The molecule has 0 bridgehead atoms. The lowest BCUT2D eigenvalue weighted by molar-refractivity contribution is -0.385. The van der Waals surface area contributed by atoms with Gasteiger partial charge in [-0.15, -0.1) is 0 Å². The quantitative estimate of drug-likeness (QED) is 0.638. The highest BCUT2D eigenvalue weighted by Crippen LogP contribution is 2.37. The van der Waals surface area contributed by atoms with E-state index in [2.05, 4.69) is 20.9 Å². The van der Waals surface area contributed by atoms with E-state index < -0.39 is 4.92 Å². The summed E-state index contributed by atoms with van der Waals surface area (Å²) in [6, 6.07) is 9.31. The number of rotatable bonds is 3. The Morgan fingerprint density at radius 1 is 1.42 bits per heavy atom. The van der Waals surface area contributed by atoms with Crippen molar-refractivity contribution in [3.63, 3.8) is 0 Å². The van der Waals surface area contributed by atoms with Crippen molar-refractivity contribution in [2.45, 2.75) is 0 Å². The average Bonchev–Trinajstić information content (AvgIpc) is 2.41. The molecule has 1 aromatic heterocycles. The number of aromatic nitrogens is 1. The molecule has 1 heterocycles. The van der Waals surface area contributed by atoms with Gasteiger partial charge >= 0.3 is 5.69 Å². The van der Waals surface area contributed by atoms with Gasteiger partial charge in [-0.3, -0.25) is 10.1 Å².